The molecule has 0 aromatic heterocycles. The molecule has 3 nitrogen and oxygen atoms in total. The summed E-state index contributed by atoms with van der Waals surface area (Å²) in [5, 5.41) is 0. The summed E-state index contributed by atoms with van der Waals surface area (Å²) in [4.78, 5) is 14.1. The maximum atomic E-state index is 12.2. The number of carbonyl (C=O) groups excluding carboxylic acids is 1. The van der Waals surface area contributed by atoms with Gasteiger partial charge < -0.3 is 9.64 Å². The molecule has 1 amide bonds. The van der Waals surface area contributed by atoms with Gasteiger partial charge in [0.2, 0.25) is 5.91 Å². The number of nitrogens with zero attached hydrogens (tertiary/aromatic N) is 1. The summed E-state index contributed by atoms with van der Waals surface area (Å²) in [6.45, 7) is 13.5. The van der Waals surface area contributed by atoms with E-state index in [0.29, 0.717) is 26.3 Å². The van der Waals surface area contributed by atoms with Crippen LogP contribution in [0.15, 0.2) is 46.6 Å². The van der Waals surface area contributed by atoms with E-state index in [1.807, 2.05) is 4.90 Å². The molecule has 0 spiro atoms. The topological polar surface area (TPSA) is 29.5 Å². The van der Waals surface area contributed by atoms with E-state index in [0.717, 1.165) is 44.1 Å². The smallest absolute Gasteiger partial charge is 0.246 e. The summed E-state index contributed by atoms with van der Waals surface area (Å²) < 4.78 is 5.29. The Morgan fingerprint density at radius 3 is 1.78 bits per heavy atom. The van der Waals surface area contributed by atoms with Gasteiger partial charge in [0.05, 0.1) is 13.2 Å². The van der Waals surface area contributed by atoms with Crippen molar-refractivity contribution in [3.63, 3.8) is 0 Å². The predicted octanol–water partition coefficient (Wildman–Crippen LogP) is 5.99. The van der Waals surface area contributed by atoms with Crippen LogP contribution in [0.4, 0.5) is 0 Å². The molecule has 27 heavy (non-hydrogen) atoms. The normalized spacial score (nSPS) is 16.5. The second-order valence-corrected chi connectivity index (χ2v) is 7.93. The molecule has 0 N–H and O–H groups in total. The van der Waals surface area contributed by atoms with E-state index in [4.69, 9.17) is 4.74 Å². The lowest BCUT2D eigenvalue weighted by molar-refractivity contribution is -0.130. The first-order valence-corrected chi connectivity index (χ1v) is 10.4. The molecule has 3 heteroatoms. The van der Waals surface area contributed by atoms with Gasteiger partial charge in [-0.1, -0.05) is 40.5 Å². The maximum Gasteiger partial charge on any atom is 0.246 e. The number of allylic oxidation sites excluding steroid dienone is 7. The Morgan fingerprint density at radius 2 is 1.26 bits per heavy atom. The van der Waals surface area contributed by atoms with Crippen LogP contribution in [0.1, 0.15) is 73.1 Å². The lowest BCUT2D eigenvalue weighted by atomic mass is 10.0. The summed E-state index contributed by atoms with van der Waals surface area (Å²) in [6, 6.07) is 0. The number of hydrogen-bond donors (Lipinski definition) is 0. The van der Waals surface area contributed by atoms with Crippen molar-refractivity contribution in [1.82, 2.24) is 4.90 Å². The SMILES string of the molecule is CC(C)=CCC/C(C)=C/CC/C(C)=C/CC/C(C)=C/C(=O)N1CCOCC1. The van der Waals surface area contributed by atoms with Crippen molar-refractivity contribution in [3.8, 4) is 0 Å². The van der Waals surface area contributed by atoms with Crippen LogP contribution in [-0.4, -0.2) is 37.1 Å². The average molecular weight is 374 g/mol. The second kappa shape index (κ2) is 13.5. The van der Waals surface area contributed by atoms with Crippen LogP contribution in [0, 0.1) is 0 Å². The Bertz CT molecular complexity index is 571. The zero-order valence-corrected chi connectivity index (χ0v) is 18.1. The van der Waals surface area contributed by atoms with Crippen molar-refractivity contribution >= 4 is 5.91 Å². The van der Waals surface area contributed by atoms with Crippen LogP contribution in [0.25, 0.3) is 0 Å². The molecule has 1 saturated heterocycles. The third kappa shape index (κ3) is 11.7. The van der Waals surface area contributed by atoms with Crippen LogP contribution in [0.3, 0.4) is 0 Å². The standard InChI is InChI=1S/C24H39NO2/c1-20(2)9-6-10-21(3)11-7-12-22(4)13-8-14-23(5)19-24(26)25-15-17-27-18-16-25/h9,11,13,19H,6-8,10,12,14-18H2,1-5H3/b21-11+,22-13+,23-19+. The fraction of sp³-hybridized carbons (Fsp3) is 0.625. The molecule has 1 heterocycles. The van der Waals surface area contributed by atoms with Crippen molar-refractivity contribution in [1.29, 1.82) is 0 Å². The summed E-state index contributed by atoms with van der Waals surface area (Å²) in [6.07, 6.45) is 15.3. The summed E-state index contributed by atoms with van der Waals surface area (Å²) in [5.74, 6) is 0.130. The number of carbonyl (C=O) groups is 1. The second-order valence-electron chi connectivity index (χ2n) is 7.93. The number of hydrogen-bond acceptors (Lipinski definition) is 2. The monoisotopic (exact) mass is 373 g/mol. The largest absolute Gasteiger partial charge is 0.378 e. The molecule has 1 rings (SSSR count). The van der Waals surface area contributed by atoms with Gasteiger partial charge in [-0.15, -0.1) is 0 Å². The number of morpholine rings is 1. The molecule has 0 atom stereocenters. The van der Waals surface area contributed by atoms with Gasteiger partial charge in [0, 0.05) is 19.2 Å². The van der Waals surface area contributed by atoms with Gasteiger partial charge in [-0.05, 0) is 73.1 Å². The van der Waals surface area contributed by atoms with E-state index >= 15 is 0 Å². The van der Waals surface area contributed by atoms with Crippen LogP contribution < -0.4 is 0 Å². The quantitative estimate of drug-likeness (QED) is 0.348. The fourth-order valence-electron chi connectivity index (χ4n) is 3.04. The van der Waals surface area contributed by atoms with Crippen molar-refractivity contribution in [2.45, 2.75) is 73.1 Å². The summed E-state index contributed by atoms with van der Waals surface area (Å²) in [7, 11) is 0. The van der Waals surface area contributed by atoms with Gasteiger partial charge in [-0.3, -0.25) is 4.79 Å². The van der Waals surface area contributed by atoms with E-state index in [1.165, 1.54) is 16.7 Å². The highest BCUT2D eigenvalue weighted by Gasteiger charge is 2.14. The third-order valence-electron chi connectivity index (χ3n) is 4.85. The zero-order valence-electron chi connectivity index (χ0n) is 18.1. The molecule has 0 unspecified atom stereocenters. The molecule has 0 bridgehead atoms. The van der Waals surface area contributed by atoms with E-state index in [1.54, 1.807) is 6.08 Å². The molecule has 1 aliphatic rings. The number of amides is 1. The molecular formula is C24H39NO2. The minimum atomic E-state index is 0.130. The first-order chi connectivity index (χ1) is 12.9. The van der Waals surface area contributed by atoms with Crippen molar-refractivity contribution in [2.75, 3.05) is 26.3 Å². The first-order valence-electron chi connectivity index (χ1n) is 10.4. The van der Waals surface area contributed by atoms with Crippen molar-refractivity contribution in [2.24, 2.45) is 0 Å². The van der Waals surface area contributed by atoms with E-state index in [9.17, 15) is 4.79 Å². The van der Waals surface area contributed by atoms with Gasteiger partial charge in [0.1, 0.15) is 0 Å². The van der Waals surface area contributed by atoms with Gasteiger partial charge in [0.25, 0.3) is 0 Å². The van der Waals surface area contributed by atoms with Crippen LogP contribution in [0.5, 0.6) is 0 Å². The highest BCUT2D eigenvalue weighted by atomic mass is 16.5. The summed E-state index contributed by atoms with van der Waals surface area (Å²) >= 11 is 0. The van der Waals surface area contributed by atoms with E-state index < -0.39 is 0 Å². The molecule has 0 aromatic carbocycles. The molecule has 1 fully saturated rings. The lowest BCUT2D eigenvalue weighted by Crippen LogP contribution is -2.39. The van der Waals surface area contributed by atoms with Crippen molar-refractivity contribution < 1.29 is 9.53 Å². The molecule has 152 valence electrons. The molecule has 0 aliphatic carbocycles. The Labute approximate surface area is 166 Å². The molecule has 0 radical (unpaired) electrons. The first kappa shape index (κ1) is 23.4. The van der Waals surface area contributed by atoms with Crippen molar-refractivity contribution in [3.05, 3.63) is 46.6 Å². The highest BCUT2D eigenvalue weighted by Crippen LogP contribution is 2.14. The predicted molar refractivity (Wildman–Crippen MR) is 116 cm³/mol. The molecular weight excluding hydrogens is 334 g/mol. The number of ether oxygens (including phenoxy) is 1. The Balaban J connectivity index is 2.27. The average Bonchev–Trinajstić information content (AvgIpc) is 2.62. The van der Waals surface area contributed by atoms with Crippen LogP contribution >= 0.6 is 0 Å². The Hall–Kier alpha value is -1.61. The zero-order chi connectivity index (χ0) is 20.1. The van der Waals surface area contributed by atoms with Gasteiger partial charge in [-0.2, -0.15) is 0 Å². The molecule has 0 aromatic rings. The van der Waals surface area contributed by atoms with Gasteiger partial charge in [-0.25, -0.2) is 0 Å². The minimum Gasteiger partial charge on any atom is -0.378 e. The van der Waals surface area contributed by atoms with Crippen LogP contribution in [-0.2, 0) is 9.53 Å². The molecule has 1 aliphatic heterocycles. The number of rotatable bonds is 10. The minimum absolute atomic E-state index is 0.130. The lowest BCUT2D eigenvalue weighted by Gasteiger charge is -2.25. The van der Waals surface area contributed by atoms with E-state index in [-0.39, 0.29) is 5.91 Å². The Kier molecular flexibility index (Phi) is 11.8. The van der Waals surface area contributed by atoms with Crippen LogP contribution in [0.2, 0.25) is 0 Å². The van der Waals surface area contributed by atoms with Gasteiger partial charge >= 0.3 is 0 Å². The maximum absolute atomic E-state index is 12.2. The third-order valence-corrected chi connectivity index (χ3v) is 4.85. The van der Waals surface area contributed by atoms with Gasteiger partial charge in [0.15, 0.2) is 0 Å². The Morgan fingerprint density at radius 1 is 0.778 bits per heavy atom. The molecule has 0 saturated carbocycles. The highest BCUT2D eigenvalue weighted by molar-refractivity contribution is 5.88. The van der Waals surface area contributed by atoms with E-state index in [2.05, 4.69) is 52.8 Å². The summed E-state index contributed by atoms with van der Waals surface area (Å²) in [5.41, 5.74) is 5.49. The fourth-order valence-corrected chi connectivity index (χ4v) is 3.04.